The fraction of sp³-hybridized carbons (Fsp3) is 0.176. The molecule has 0 bridgehead atoms. The van der Waals surface area contributed by atoms with Gasteiger partial charge in [-0.25, -0.2) is 4.79 Å². The van der Waals surface area contributed by atoms with E-state index < -0.39 is 12.1 Å². The second-order valence-electron chi connectivity index (χ2n) is 9.84. The Bertz CT molecular complexity index is 1560. The van der Waals surface area contributed by atoms with Crippen LogP contribution in [0.3, 0.4) is 0 Å². The fourth-order valence-corrected chi connectivity index (χ4v) is 4.62. The number of carboxylic acid groups (broad SMARTS) is 1. The van der Waals surface area contributed by atoms with E-state index in [1.54, 1.807) is 30.5 Å². The summed E-state index contributed by atoms with van der Waals surface area (Å²) >= 11 is 0. The summed E-state index contributed by atoms with van der Waals surface area (Å²) in [4.78, 5) is 17.8. The van der Waals surface area contributed by atoms with E-state index in [2.05, 4.69) is 22.0 Å². The molecule has 2 N–H and O–H groups in total. The Morgan fingerprint density at radius 2 is 1.56 bits per heavy atom. The summed E-state index contributed by atoms with van der Waals surface area (Å²) < 4.78 is 11.9. The molecule has 0 fully saturated rings. The number of hydrogen-bond donors (Lipinski definition) is 2. The number of rotatable bonds is 13. The molecule has 5 rings (SSSR count). The van der Waals surface area contributed by atoms with E-state index in [4.69, 9.17) is 9.47 Å². The van der Waals surface area contributed by atoms with Crippen LogP contribution >= 0.6 is 0 Å². The molecule has 0 aliphatic heterocycles. The molecule has 0 radical (unpaired) electrons. The van der Waals surface area contributed by atoms with Crippen LogP contribution in [0.25, 0.3) is 10.9 Å². The summed E-state index contributed by atoms with van der Waals surface area (Å²) in [7, 11) is 0. The maximum atomic E-state index is 11.3. The molecule has 1 aromatic heterocycles. The van der Waals surface area contributed by atoms with Gasteiger partial charge in [-0.15, -0.1) is 0 Å². The topological polar surface area (TPSA) is 92.1 Å². The van der Waals surface area contributed by atoms with Crippen LogP contribution in [0.1, 0.15) is 21.5 Å². The molecule has 4 aromatic carbocycles. The van der Waals surface area contributed by atoms with Crippen LogP contribution in [-0.4, -0.2) is 51.9 Å². The standard InChI is InChI=1S/C34H32N2O5/c37-28(24-40-29-9-5-2-6-10-29)23-36(22-26-7-3-1-4-8-26)20-18-25-11-14-30(15-12-25)41-33-17-19-35-32-21-27(34(38)39)13-16-31(32)33/h1-17,19,21,28,37H,18,20,22-24H2,(H,38,39)/t28-/m0/s1. The van der Waals surface area contributed by atoms with Crippen LogP contribution in [-0.2, 0) is 13.0 Å². The first-order valence-corrected chi connectivity index (χ1v) is 13.5. The van der Waals surface area contributed by atoms with Gasteiger partial charge in [0.25, 0.3) is 0 Å². The Morgan fingerprint density at radius 1 is 0.829 bits per heavy atom. The Labute approximate surface area is 239 Å². The number of aromatic nitrogens is 1. The largest absolute Gasteiger partial charge is 0.491 e. The van der Waals surface area contributed by atoms with Crippen molar-refractivity contribution in [3.05, 3.63) is 132 Å². The highest BCUT2D eigenvalue weighted by Gasteiger charge is 2.14. The summed E-state index contributed by atoms with van der Waals surface area (Å²) in [5.41, 5.74) is 3.08. The second kappa shape index (κ2) is 13.6. The van der Waals surface area contributed by atoms with Gasteiger partial charge < -0.3 is 19.7 Å². The number of ether oxygens (including phenoxy) is 2. The lowest BCUT2D eigenvalue weighted by Gasteiger charge is -2.25. The number of aliphatic hydroxyl groups excluding tert-OH is 1. The number of aliphatic hydroxyl groups is 1. The minimum absolute atomic E-state index is 0.184. The van der Waals surface area contributed by atoms with Crippen molar-refractivity contribution < 1.29 is 24.5 Å². The van der Waals surface area contributed by atoms with Crippen LogP contribution in [0.2, 0.25) is 0 Å². The maximum Gasteiger partial charge on any atom is 0.335 e. The number of fused-ring (bicyclic) bond motifs is 1. The average molecular weight is 549 g/mol. The van der Waals surface area contributed by atoms with E-state index in [1.165, 1.54) is 5.56 Å². The zero-order valence-electron chi connectivity index (χ0n) is 22.6. The zero-order chi connectivity index (χ0) is 28.4. The van der Waals surface area contributed by atoms with E-state index in [9.17, 15) is 15.0 Å². The maximum absolute atomic E-state index is 11.3. The lowest BCUT2D eigenvalue weighted by molar-refractivity contribution is 0.0659. The Balaban J connectivity index is 1.21. The highest BCUT2D eigenvalue weighted by molar-refractivity contribution is 5.94. The molecule has 0 saturated heterocycles. The molecule has 0 amide bonds. The van der Waals surface area contributed by atoms with Crippen molar-refractivity contribution in [2.45, 2.75) is 19.1 Å². The molecule has 0 aliphatic carbocycles. The first-order chi connectivity index (χ1) is 20.0. The number of carbonyl (C=O) groups is 1. The molecule has 208 valence electrons. The summed E-state index contributed by atoms with van der Waals surface area (Å²) in [6, 6.07) is 34.3. The molecule has 1 atom stereocenters. The van der Waals surface area contributed by atoms with Gasteiger partial charge in [0, 0.05) is 31.2 Å². The Hall–Kier alpha value is -4.72. The van der Waals surface area contributed by atoms with Crippen molar-refractivity contribution >= 4 is 16.9 Å². The van der Waals surface area contributed by atoms with Crippen molar-refractivity contribution in [2.24, 2.45) is 0 Å². The van der Waals surface area contributed by atoms with Crippen LogP contribution in [0.4, 0.5) is 0 Å². The van der Waals surface area contributed by atoms with Gasteiger partial charge in [-0.05, 0) is 66.1 Å². The van der Waals surface area contributed by atoms with Gasteiger partial charge in [-0.1, -0.05) is 60.7 Å². The molecule has 7 nitrogen and oxygen atoms in total. The summed E-state index contributed by atoms with van der Waals surface area (Å²) in [6.07, 6.45) is 1.78. The van der Waals surface area contributed by atoms with E-state index in [0.717, 1.165) is 36.2 Å². The SMILES string of the molecule is O=C(O)c1ccc2c(Oc3ccc(CCN(Cc4ccccc4)C[C@H](O)COc4ccccc4)cc3)ccnc2c1. The zero-order valence-corrected chi connectivity index (χ0v) is 22.6. The number of carboxylic acids is 1. The predicted octanol–water partition coefficient (Wildman–Crippen LogP) is 6.21. The van der Waals surface area contributed by atoms with E-state index >= 15 is 0 Å². The van der Waals surface area contributed by atoms with Gasteiger partial charge in [0.1, 0.15) is 30.0 Å². The quantitative estimate of drug-likeness (QED) is 0.181. The third-order valence-corrected chi connectivity index (χ3v) is 6.72. The molecule has 5 aromatic rings. The number of hydrogen-bond acceptors (Lipinski definition) is 6. The van der Waals surface area contributed by atoms with Gasteiger partial charge in [0.05, 0.1) is 11.1 Å². The number of benzene rings is 4. The number of aromatic carboxylic acids is 1. The first-order valence-electron chi connectivity index (χ1n) is 13.5. The van der Waals surface area contributed by atoms with Gasteiger partial charge >= 0.3 is 5.97 Å². The highest BCUT2D eigenvalue weighted by atomic mass is 16.5. The molecule has 7 heteroatoms. The lowest BCUT2D eigenvalue weighted by Crippen LogP contribution is -2.36. The van der Waals surface area contributed by atoms with Crippen LogP contribution < -0.4 is 9.47 Å². The molecule has 0 aliphatic rings. The molecule has 41 heavy (non-hydrogen) atoms. The summed E-state index contributed by atoms with van der Waals surface area (Å²) in [5.74, 6) is 1.04. The van der Waals surface area contributed by atoms with E-state index in [-0.39, 0.29) is 12.2 Å². The molecular formula is C34H32N2O5. The monoisotopic (exact) mass is 548 g/mol. The van der Waals surface area contributed by atoms with Crippen molar-refractivity contribution in [2.75, 3.05) is 19.7 Å². The molecule has 0 unspecified atom stereocenters. The van der Waals surface area contributed by atoms with Gasteiger partial charge in [-0.3, -0.25) is 9.88 Å². The van der Waals surface area contributed by atoms with Gasteiger partial charge in [0.15, 0.2) is 0 Å². The summed E-state index contributed by atoms with van der Waals surface area (Å²) in [5, 5.41) is 20.7. The average Bonchev–Trinajstić information content (AvgIpc) is 3.00. The number of para-hydroxylation sites is 1. The van der Waals surface area contributed by atoms with Crippen LogP contribution in [0.5, 0.6) is 17.2 Å². The smallest absolute Gasteiger partial charge is 0.335 e. The molecular weight excluding hydrogens is 516 g/mol. The Morgan fingerprint density at radius 3 is 2.29 bits per heavy atom. The first kappa shape index (κ1) is 27.8. The molecule has 1 heterocycles. The third kappa shape index (κ3) is 7.91. The minimum Gasteiger partial charge on any atom is -0.491 e. The number of nitrogens with zero attached hydrogens (tertiary/aromatic N) is 2. The lowest BCUT2D eigenvalue weighted by atomic mass is 10.1. The molecule has 0 spiro atoms. The van der Waals surface area contributed by atoms with E-state index in [1.807, 2.05) is 72.8 Å². The third-order valence-electron chi connectivity index (χ3n) is 6.72. The van der Waals surface area contributed by atoms with Gasteiger partial charge in [0.2, 0.25) is 0 Å². The molecule has 0 saturated carbocycles. The minimum atomic E-state index is -0.993. The van der Waals surface area contributed by atoms with Crippen molar-refractivity contribution in [3.8, 4) is 17.2 Å². The van der Waals surface area contributed by atoms with Crippen molar-refractivity contribution in [1.29, 1.82) is 0 Å². The highest BCUT2D eigenvalue weighted by Crippen LogP contribution is 2.29. The fourth-order valence-electron chi connectivity index (χ4n) is 4.62. The second-order valence-corrected chi connectivity index (χ2v) is 9.84. The summed E-state index contributed by atoms with van der Waals surface area (Å²) in [6.45, 7) is 2.20. The Kier molecular flexibility index (Phi) is 9.21. The number of pyridine rings is 1. The van der Waals surface area contributed by atoms with Crippen molar-refractivity contribution in [3.63, 3.8) is 0 Å². The van der Waals surface area contributed by atoms with Crippen LogP contribution in [0.15, 0.2) is 115 Å². The van der Waals surface area contributed by atoms with Crippen molar-refractivity contribution in [1.82, 2.24) is 9.88 Å². The van der Waals surface area contributed by atoms with Crippen LogP contribution in [0, 0.1) is 0 Å². The predicted molar refractivity (Wildman–Crippen MR) is 159 cm³/mol. The van der Waals surface area contributed by atoms with Gasteiger partial charge in [-0.2, -0.15) is 0 Å². The normalized spacial score (nSPS) is 11.9. The van der Waals surface area contributed by atoms with E-state index in [0.29, 0.717) is 23.6 Å².